The van der Waals surface area contributed by atoms with E-state index < -0.39 is 12.3 Å². The van der Waals surface area contributed by atoms with Crippen LogP contribution in [0.3, 0.4) is 0 Å². The molecule has 0 aliphatic heterocycles. The van der Waals surface area contributed by atoms with Crippen LogP contribution in [-0.2, 0) is 0 Å². The SMILES string of the molecule is C=CC1CCC(C2CCC(C(C)CC(F)C(C)F)CC2)CC1. The molecule has 0 bridgehead atoms. The summed E-state index contributed by atoms with van der Waals surface area (Å²) in [6.45, 7) is 7.39. The lowest BCUT2D eigenvalue weighted by Crippen LogP contribution is -2.29. The van der Waals surface area contributed by atoms with Gasteiger partial charge in [-0.1, -0.05) is 13.0 Å². The molecular formula is C20H34F2. The number of alkyl halides is 2. The molecule has 0 amide bonds. The van der Waals surface area contributed by atoms with Crippen molar-refractivity contribution in [2.75, 3.05) is 0 Å². The van der Waals surface area contributed by atoms with Gasteiger partial charge in [0.05, 0.1) is 0 Å². The van der Waals surface area contributed by atoms with Crippen LogP contribution in [-0.4, -0.2) is 12.3 Å². The number of hydrogen-bond donors (Lipinski definition) is 0. The molecule has 2 aliphatic rings. The van der Waals surface area contributed by atoms with Crippen molar-refractivity contribution in [1.29, 1.82) is 0 Å². The molecule has 0 nitrogen and oxygen atoms in total. The van der Waals surface area contributed by atoms with Crippen LogP contribution in [0.2, 0.25) is 0 Å². The Balaban J connectivity index is 1.72. The highest BCUT2D eigenvalue weighted by Crippen LogP contribution is 2.43. The van der Waals surface area contributed by atoms with E-state index in [4.69, 9.17) is 0 Å². The standard InChI is InChI=1S/C20H34F2/c1-4-16-5-7-18(8-6-16)19-11-9-17(10-12-19)14(2)13-20(22)15(3)21/h4,14-20H,1,5-13H2,2-3H3. The molecule has 2 saturated carbocycles. The molecule has 0 heterocycles. The lowest BCUT2D eigenvalue weighted by atomic mass is 9.67. The average molecular weight is 312 g/mol. The topological polar surface area (TPSA) is 0 Å². The third-order valence-corrected chi connectivity index (χ3v) is 6.53. The third-order valence-electron chi connectivity index (χ3n) is 6.53. The fourth-order valence-electron chi connectivity index (χ4n) is 4.77. The van der Waals surface area contributed by atoms with Crippen molar-refractivity contribution in [3.05, 3.63) is 12.7 Å². The maximum Gasteiger partial charge on any atom is 0.131 e. The van der Waals surface area contributed by atoms with E-state index in [1.165, 1.54) is 58.3 Å². The van der Waals surface area contributed by atoms with Gasteiger partial charge in [-0.05, 0) is 94.3 Å². The van der Waals surface area contributed by atoms with E-state index in [1.807, 2.05) is 0 Å². The van der Waals surface area contributed by atoms with Gasteiger partial charge in [-0.2, -0.15) is 0 Å². The second-order valence-electron chi connectivity index (χ2n) is 7.99. The number of rotatable bonds is 6. The second-order valence-corrected chi connectivity index (χ2v) is 7.99. The summed E-state index contributed by atoms with van der Waals surface area (Å²) in [7, 11) is 0. The van der Waals surface area contributed by atoms with Crippen LogP contribution in [0.15, 0.2) is 12.7 Å². The molecule has 3 atom stereocenters. The normalized spacial score (nSPS) is 37.3. The molecule has 2 rings (SSSR count). The first-order valence-electron chi connectivity index (χ1n) is 9.42. The van der Waals surface area contributed by atoms with Crippen molar-refractivity contribution in [3.63, 3.8) is 0 Å². The van der Waals surface area contributed by atoms with Crippen LogP contribution < -0.4 is 0 Å². The Labute approximate surface area is 135 Å². The minimum absolute atomic E-state index is 0.325. The van der Waals surface area contributed by atoms with Crippen LogP contribution in [0, 0.1) is 29.6 Å². The Morgan fingerprint density at radius 3 is 1.86 bits per heavy atom. The van der Waals surface area contributed by atoms with Gasteiger partial charge < -0.3 is 0 Å². The molecule has 0 spiro atoms. The Kier molecular flexibility index (Phi) is 6.89. The summed E-state index contributed by atoms with van der Waals surface area (Å²) >= 11 is 0. The highest BCUT2D eigenvalue weighted by molar-refractivity contribution is 4.88. The third kappa shape index (κ3) is 4.80. The Bertz CT molecular complexity index is 323. The molecule has 0 aromatic carbocycles. The van der Waals surface area contributed by atoms with Crippen molar-refractivity contribution in [2.24, 2.45) is 29.6 Å². The van der Waals surface area contributed by atoms with Crippen LogP contribution in [0.25, 0.3) is 0 Å². The van der Waals surface area contributed by atoms with Crippen molar-refractivity contribution in [1.82, 2.24) is 0 Å². The largest absolute Gasteiger partial charge is 0.245 e. The average Bonchev–Trinajstić information content (AvgIpc) is 2.55. The summed E-state index contributed by atoms with van der Waals surface area (Å²) in [4.78, 5) is 0. The minimum atomic E-state index is -1.32. The summed E-state index contributed by atoms with van der Waals surface area (Å²) in [5.41, 5.74) is 0. The lowest BCUT2D eigenvalue weighted by molar-refractivity contribution is 0.103. The van der Waals surface area contributed by atoms with Gasteiger partial charge in [0, 0.05) is 0 Å². The predicted molar refractivity (Wildman–Crippen MR) is 90.3 cm³/mol. The van der Waals surface area contributed by atoms with Gasteiger partial charge >= 0.3 is 0 Å². The zero-order valence-corrected chi connectivity index (χ0v) is 14.4. The predicted octanol–water partition coefficient (Wildman–Crippen LogP) is 6.51. The molecule has 2 aliphatic carbocycles. The van der Waals surface area contributed by atoms with E-state index in [9.17, 15) is 8.78 Å². The van der Waals surface area contributed by atoms with Crippen molar-refractivity contribution < 1.29 is 8.78 Å². The summed E-state index contributed by atoms with van der Waals surface area (Å²) in [6, 6.07) is 0. The number of halogens is 2. The molecule has 2 heteroatoms. The summed E-state index contributed by atoms with van der Waals surface area (Å²) < 4.78 is 26.6. The molecule has 0 saturated heterocycles. The van der Waals surface area contributed by atoms with Crippen molar-refractivity contribution in [3.8, 4) is 0 Å². The maximum absolute atomic E-state index is 13.6. The maximum atomic E-state index is 13.6. The Morgan fingerprint density at radius 1 is 0.909 bits per heavy atom. The first-order valence-corrected chi connectivity index (χ1v) is 9.42. The van der Waals surface area contributed by atoms with Gasteiger partial charge in [-0.15, -0.1) is 6.58 Å². The van der Waals surface area contributed by atoms with Gasteiger partial charge in [-0.3, -0.25) is 0 Å². The second kappa shape index (κ2) is 8.45. The fraction of sp³-hybridized carbons (Fsp3) is 0.900. The van der Waals surface area contributed by atoms with E-state index in [2.05, 4.69) is 19.6 Å². The summed E-state index contributed by atoms with van der Waals surface area (Å²) in [5, 5.41) is 0. The number of hydrogen-bond acceptors (Lipinski definition) is 0. The molecule has 0 N–H and O–H groups in total. The molecule has 3 unspecified atom stereocenters. The van der Waals surface area contributed by atoms with Gasteiger partial charge in [0.1, 0.15) is 12.3 Å². The lowest BCUT2D eigenvalue weighted by Gasteiger charge is -2.39. The van der Waals surface area contributed by atoms with Gasteiger partial charge in [0.15, 0.2) is 0 Å². The molecule has 2 fully saturated rings. The van der Waals surface area contributed by atoms with Crippen LogP contribution in [0.4, 0.5) is 8.78 Å². The van der Waals surface area contributed by atoms with E-state index in [1.54, 1.807) is 0 Å². The van der Waals surface area contributed by atoms with E-state index in [0.717, 1.165) is 17.8 Å². The molecular weight excluding hydrogens is 278 g/mol. The van der Waals surface area contributed by atoms with Crippen LogP contribution in [0.1, 0.15) is 71.6 Å². The van der Waals surface area contributed by atoms with Gasteiger partial charge in [0.2, 0.25) is 0 Å². The molecule has 0 aromatic heterocycles. The van der Waals surface area contributed by atoms with Gasteiger partial charge in [-0.25, -0.2) is 8.78 Å². The minimum Gasteiger partial charge on any atom is -0.245 e. The zero-order valence-electron chi connectivity index (χ0n) is 14.4. The van der Waals surface area contributed by atoms with Crippen LogP contribution >= 0.6 is 0 Å². The van der Waals surface area contributed by atoms with Gasteiger partial charge in [0.25, 0.3) is 0 Å². The van der Waals surface area contributed by atoms with E-state index in [-0.39, 0.29) is 0 Å². The first kappa shape index (κ1) is 17.9. The van der Waals surface area contributed by atoms with Crippen LogP contribution in [0.5, 0.6) is 0 Å². The molecule has 128 valence electrons. The summed E-state index contributed by atoms with van der Waals surface area (Å²) in [6.07, 6.45) is 10.4. The Morgan fingerprint density at radius 2 is 1.41 bits per heavy atom. The monoisotopic (exact) mass is 312 g/mol. The quantitative estimate of drug-likeness (QED) is 0.490. The molecule has 22 heavy (non-hydrogen) atoms. The highest BCUT2D eigenvalue weighted by Gasteiger charge is 2.32. The Hall–Kier alpha value is -0.400. The smallest absolute Gasteiger partial charge is 0.131 e. The zero-order chi connectivity index (χ0) is 16.1. The van der Waals surface area contributed by atoms with Crippen molar-refractivity contribution >= 4 is 0 Å². The van der Waals surface area contributed by atoms with E-state index >= 15 is 0 Å². The van der Waals surface area contributed by atoms with Crippen molar-refractivity contribution in [2.45, 2.75) is 84.0 Å². The fourth-order valence-corrected chi connectivity index (χ4v) is 4.77. The number of allylic oxidation sites excluding steroid dienone is 1. The van der Waals surface area contributed by atoms with E-state index in [0.29, 0.717) is 18.3 Å². The highest BCUT2D eigenvalue weighted by atomic mass is 19.2. The summed E-state index contributed by atoms with van der Waals surface area (Å²) in [5.74, 6) is 3.47. The first-order chi connectivity index (χ1) is 10.5. The molecule has 0 radical (unpaired) electrons. The molecule has 0 aromatic rings.